The molecule has 0 aromatic rings. The smallest absolute Gasteiger partial charge is 0.248 e. The van der Waals surface area contributed by atoms with Crippen molar-refractivity contribution in [3.05, 3.63) is 0 Å². The lowest BCUT2D eigenvalue weighted by Crippen LogP contribution is -2.57. The summed E-state index contributed by atoms with van der Waals surface area (Å²) in [5.74, 6) is -3.18. The molecule has 0 bridgehead atoms. The third kappa shape index (κ3) is 3.84. The maximum Gasteiger partial charge on any atom is 0.248 e. The van der Waals surface area contributed by atoms with Gasteiger partial charge in [0.1, 0.15) is 0 Å². The lowest BCUT2D eigenvalue weighted by atomic mass is 9.84. The van der Waals surface area contributed by atoms with Crippen LogP contribution in [-0.2, 0) is 4.79 Å². The van der Waals surface area contributed by atoms with Crippen molar-refractivity contribution in [3.63, 3.8) is 0 Å². The number of carbonyl (C=O) groups excluding carboxylic acids is 1. The highest BCUT2D eigenvalue weighted by molar-refractivity contribution is 7.80. The molecule has 1 aliphatic rings. The van der Waals surface area contributed by atoms with E-state index in [1.54, 1.807) is 0 Å². The molecule has 1 amide bonds. The highest BCUT2D eigenvalue weighted by atomic mass is 32.1. The van der Waals surface area contributed by atoms with Crippen molar-refractivity contribution < 1.29 is 13.6 Å². The minimum absolute atomic E-state index is 0.202. The zero-order valence-electron chi connectivity index (χ0n) is 11.5. The van der Waals surface area contributed by atoms with E-state index in [2.05, 4.69) is 5.32 Å². The largest absolute Gasteiger partial charge is 0.391 e. The normalized spacial score (nSPS) is 20.0. The van der Waals surface area contributed by atoms with Crippen LogP contribution in [0.4, 0.5) is 8.78 Å². The van der Waals surface area contributed by atoms with Crippen molar-refractivity contribution in [2.24, 2.45) is 11.7 Å². The second-order valence-corrected chi connectivity index (χ2v) is 5.71. The highest BCUT2D eigenvalue weighted by Crippen LogP contribution is 2.36. The molecule has 110 valence electrons. The van der Waals surface area contributed by atoms with E-state index in [0.29, 0.717) is 12.8 Å². The van der Waals surface area contributed by atoms with Gasteiger partial charge in [-0.15, -0.1) is 0 Å². The van der Waals surface area contributed by atoms with Crippen LogP contribution in [0.15, 0.2) is 0 Å². The van der Waals surface area contributed by atoms with E-state index in [0.717, 1.165) is 0 Å². The van der Waals surface area contributed by atoms with E-state index in [-0.39, 0.29) is 42.5 Å². The quantitative estimate of drug-likeness (QED) is 0.766. The molecular formula is C13H22F2N2OS. The minimum atomic E-state index is -2.62. The molecule has 3 nitrogen and oxygen atoms in total. The van der Waals surface area contributed by atoms with Gasteiger partial charge in [0.2, 0.25) is 11.8 Å². The number of amides is 1. The van der Waals surface area contributed by atoms with Crippen LogP contribution in [0.25, 0.3) is 0 Å². The van der Waals surface area contributed by atoms with E-state index in [4.69, 9.17) is 18.0 Å². The molecule has 0 aromatic heterocycles. The van der Waals surface area contributed by atoms with Crippen LogP contribution < -0.4 is 11.1 Å². The van der Waals surface area contributed by atoms with Gasteiger partial charge in [-0.25, -0.2) is 8.78 Å². The molecule has 6 heteroatoms. The SMILES string of the molecule is CCC(CC)(NC(=O)C1CCC(F)(F)CC1)C(N)=S. The van der Waals surface area contributed by atoms with Crippen molar-refractivity contribution >= 4 is 23.1 Å². The molecule has 0 unspecified atom stereocenters. The number of hydrogen-bond acceptors (Lipinski definition) is 2. The maximum absolute atomic E-state index is 13.1. The van der Waals surface area contributed by atoms with E-state index < -0.39 is 11.5 Å². The average Bonchev–Trinajstić information content (AvgIpc) is 2.35. The fraction of sp³-hybridized carbons (Fsp3) is 0.846. The summed E-state index contributed by atoms with van der Waals surface area (Å²) in [7, 11) is 0. The maximum atomic E-state index is 13.1. The third-order valence-electron chi connectivity index (χ3n) is 4.13. The van der Waals surface area contributed by atoms with Gasteiger partial charge in [0.25, 0.3) is 0 Å². The average molecular weight is 292 g/mol. The molecular weight excluding hydrogens is 270 g/mol. The summed E-state index contributed by atoms with van der Waals surface area (Å²) in [5, 5.41) is 2.88. The Morgan fingerprint density at radius 1 is 1.37 bits per heavy atom. The molecule has 0 aliphatic heterocycles. The van der Waals surface area contributed by atoms with Gasteiger partial charge in [-0.2, -0.15) is 0 Å². The van der Waals surface area contributed by atoms with Crippen LogP contribution in [0.5, 0.6) is 0 Å². The Kier molecular flexibility index (Phi) is 5.24. The Hall–Kier alpha value is -0.780. The molecule has 19 heavy (non-hydrogen) atoms. The van der Waals surface area contributed by atoms with Gasteiger partial charge in [-0.1, -0.05) is 26.1 Å². The van der Waals surface area contributed by atoms with Crippen LogP contribution >= 0.6 is 12.2 Å². The van der Waals surface area contributed by atoms with Gasteiger partial charge < -0.3 is 11.1 Å². The van der Waals surface area contributed by atoms with Crippen LogP contribution in [-0.4, -0.2) is 22.4 Å². The Morgan fingerprint density at radius 3 is 2.21 bits per heavy atom. The summed E-state index contributed by atoms with van der Waals surface area (Å²) in [6.07, 6.45) is 1.22. The van der Waals surface area contributed by atoms with Crippen molar-refractivity contribution in [2.75, 3.05) is 0 Å². The number of hydrogen-bond donors (Lipinski definition) is 2. The second-order valence-electron chi connectivity index (χ2n) is 5.27. The molecule has 3 N–H and O–H groups in total. The van der Waals surface area contributed by atoms with Gasteiger partial charge >= 0.3 is 0 Å². The lowest BCUT2D eigenvalue weighted by Gasteiger charge is -2.35. The number of halogens is 2. The second kappa shape index (κ2) is 6.11. The minimum Gasteiger partial charge on any atom is -0.391 e. The molecule has 0 spiro atoms. The molecule has 1 fully saturated rings. The predicted molar refractivity (Wildman–Crippen MR) is 75.1 cm³/mol. The number of alkyl halides is 2. The van der Waals surface area contributed by atoms with Crippen molar-refractivity contribution in [1.29, 1.82) is 0 Å². The zero-order chi connectivity index (χ0) is 14.7. The topological polar surface area (TPSA) is 55.1 Å². The van der Waals surface area contributed by atoms with Gasteiger partial charge in [-0.3, -0.25) is 4.79 Å². The zero-order valence-corrected chi connectivity index (χ0v) is 12.3. The number of nitrogens with one attached hydrogen (secondary N) is 1. The fourth-order valence-electron chi connectivity index (χ4n) is 2.48. The molecule has 0 aromatic carbocycles. The first-order valence-electron chi connectivity index (χ1n) is 6.76. The molecule has 1 saturated carbocycles. The van der Waals surface area contributed by atoms with E-state index in [1.807, 2.05) is 13.8 Å². The summed E-state index contributed by atoms with van der Waals surface area (Å²) < 4.78 is 26.1. The number of rotatable bonds is 5. The Morgan fingerprint density at radius 2 is 1.84 bits per heavy atom. The highest BCUT2D eigenvalue weighted by Gasteiger charge is 2.39. The van der Waals surface area contributed by atoms with Crippen LogP contribution in [0.2, 0.25) is 0 Å². The molecule has 1 aliphatic carbocycles. The fourth-order valence-corrected chi connectivity index (χ4v) is 2.82. The van der Waals surface area contributed by atoms with E-state index in [9.17, 15) is 13.6 Å². The molecule has 0 heterocycles. The summed E-state index contributed by atoms with van der Waals surface area (Å²) in [4.78, 5) is 12.4. The summed E-state index contributed by atoms with van der Waals surface area (Å²) in [5.41, 5.74) is 5.02. The van der Waals surface area contributed by atoms with Crippen LogP contribution in [0, 0.1) is 5.92 Å². The van der Waals surface area contributed by atoms with E-state index >= 15 is 0 Å². The van der Waals surface area contributed by atoms with Crippen LogP contribution in [0.3, 0.4) is 0 Å². The first kappa shape index (κ1) is 16.3. The van der Waals surface area contributed by atoms with Gasteiger partial charge in [-0.05, 0) is 25.7 Å². The monoisotopic (exact) mass is 292 g/mol. The molecule has 0 atom stereocenters. The number of thiocarbonyl (C=S) groups is 1. The van der Waals surface area contributed by atoms with E-state index in [1.165, 1.54) is 0 Å². The van der Waals surface area contributed by atoms with Crippen molar-refractivity contribution in [1.82, 2.24) is 5.32 Å². The van der Waals surface area contributed by atoms with Gasteiger partial charge in [0.05, 0.1) is 10.5 Å². The third-order valence-corrected chi connectivity index (χ3v) is 4.52. The van der Waals surface area contributed by atoms with Crippen LogP contribution in [0.1, 0.15) is 52.4 Å². The van der Waals surface area contributed by atoms with Crippen molar-refractivity contribution in [3.8, 4) is 0 Å². The predicted octanol–water partition coefficient (Wildman–Crippen LogP) is 2.77. The first-order chi connectivity index (χ1) is 8.76. The lowest BCUT2D eigenvalue weighted by molar-refractivity contribution is -0.130. The Balaban J connectivity index is 2.66. The first-order valence-corrected chi connectivity index (χ1v) is 7.17. The summed E-state index contributed by atoms with van der Waals surface area (Å²) >= 11 is 5.03. The number of carbonyl (C=O) groups is 1. The molecule has 0 saturated heterocycles. The van der Waals surface area contributed by atoms with Gasteiger partial charge in [0.15, 0.2) is 0 Å². The Bertz CT molecular complexity index is 347. The van der Waals surface area contributed by atoms with Crippen molar-refractivity contribution in [2.45, 2.75) is 63.8 Å². The Labute approximate surface area is 118 Å². The van der Waals surface area contributed by atoms with Gasteiger partial charge in [0, 0.05) is 18.8 Å². The standard InChI is InChI=1S/C13H22F2N2OS/c1-3-12(4-2,11(16)19)17-10(18)9-5-7-13(14,15)8-6-9/h9H,3-8H2,1-2H3,(H2,16,19)(H,17,18). The molecule has 0 radical (unpaired) electrons. The molecule has 1 rings (SSSR count). The number of nitrogens with two attached hydrogens (primary N) is 1. The summed E-state index contributed by atoms with van der Waals surface area (Å²) in [6, 6.07) is 0. The summed E-state index contributed by atoms with van der Waals surface area (Å²) in [6.45, 7) is 3.80.